The summed E-state index contributed by atoms with van der Waals surface area (Å²) < 4.78 is 19.8. The molecule has 26 heavy (non-hydrogen) atoms. The molecule has 1 amide bonds. The molecule has 1 saturated heterocycles. The summed E-state index contributed by atoms with van der Waals surface area (Å²) in [5, 5.41) is 2.73. The number of amides is 1. The molecule has 2 heterocycles. The SMILES string of the molecule is Cc1cc(N2CCC(C)(C(CF)NC(=O)OC(C)(C)C)CC2)cnc1Br. The van der Waals surface area contributed by atoms with E-state index in [-0.39, 0.29) is 5.41 Å². The van der Waals surface area contributed by atoms with Crippen LogP contribution in [0.2, 0.25) is 0 Å². The molecule has 1 N–H and O–H groups in total. The molecule has 1 atom stereocenters. The van der Waals surface area contributed by atoms with E-state index < -0.39 is 24.4 Å². The van der Waals surface area contributed by atoms with Crippen LogP contribution in [0, 0.1) is 12.3 Å². The highest BCUT2D eigenvalue weighted by molar-refractivity contribution is 9.10. The summed E-state index contributed by atoms with van der Waals surface area (Å²) in [5.41, 5.74) is 1.26. The lowest BCUT2D eigenvalue weighted by atomic mass is 9.74. The second-order valence-corrected chi connectivity index (χ2v) is 9.05. The van der Waals surface area contributed by atoms with Gasteiger partial charge in [-0.3, -0.25) is 0 Å². The summed E-state index contributed by atoms with van der Waals surface area (Å²) >= 11 is 3.42. The van der Waals surface area contributed by atoms with E-state index in [0.717, 1.165) is 41.8 Å². The zero-order chi connectivity index (χ0) is 19.5. The number of ether oxygens (including phenoxy) is 1. The first-order valence-electron chi connectivity index (χ1n) is 8.97. The molecule has 1 aliphatic heterocycles. The number of nitrogens with one attached hydrogen (secondary N) is 1. The van der Waals surface area contributed by atoms with Gasteiger partial charge in [0.25, 0.3) is 0 Å². The first kappa shape index (κ1) is 20.9. The molecule has 1 aromatic heterocycles. The Morgan fingerprint density at radius 1 is 1.46 bits per heavy atom. The van der Waals surface area contributed by atoms with Crippen molar-refractivity contribution < 1.29 is 13.9 Å². The highest BCUT2D eigenvalue weighted by Gasteiger charge is 2.39. The van der Waals surface area contributed by atoms with E-state index in [2.05, 4.69) is 37.2 Å². The first-order chi connectivity index (χ1) is 12.0. The highest BCUT2D eigenvalue weighted by Crippen LogP contribution is 2.37. The zero-order valence-electron chi connectivity index (χ0n) is 16.2. The third kappa shape index (κ3) is 5.32. The summed E-state index contributed by atoms with van der Waals surface area (Å²) in [4.78, 5) is 18.7. The van der Waals surface area contributed by atoms with Crippen LogP contribution in [-0.2, 0) is 4.74 Å². The number of pyridine rings is 1. The Hall–Kier alpha value is -1.37. The van der Waals surface area contributed by atoms with Gasteiger partial charge >= 0.3 is 6.09 Å². The molecular weight excluding hydrogens is 401 g/mol. The van der Waals surface area contributed by atoms with Crippen LogP contribution in [0.15, 0.2) is 16.9 Å². The fraction of sp³-hybridized carbons (Fsp3) is 0.684. The largest absolute Gasteiger partial charge is 0.444 e. The van der Waals surface area contributed by atoms with Crippen LogP contribution < -0.4 is 10.2 Å². The smallest absolute Gasteiger partial charge is 0.407 e. The van der Waals surface area contributed by atoms with Crippen LogP contribution in [0.3, 0.4) is 0 Å². The molecule has 7 heteroatoms. The van der Waals surface area contributed by atoms with Gasteiger partial charge in [0.1, 0.15) is 16.9 Å². The summed E-state index contributed by atoms with van der Waals surface area (Å²) in [7, 11) is 0. The molecule has 5 nitrogen and oxygen atoms in total. The number of alkyl carbamates (subject to hydrolysis) is 1. The fourth-order valence-corrected chi connectivity index (χ4v) is 3.41. The van der Waals surface area contributed by atoms with Crippen LogP contribution in [0.5, 0.6) is 0 Å². The maximum Gasteiger partial charge on any atom is 0.407 e. The normalized spacial score (nSPS) is 18.3. The molecule has 0 radical (unpaired) electrons. The van der Waals surface area contributed by atoms with Crippen molar-refractivity contribution in [3.05, 3.63) is 22.4 Å². The Morgan fingerprint density at radius 3 is 2.58 bits per heavy atom. The first-order valence-corrected chi connectivity index (χ1v) is 9.76. The standard InChI is InChI=1S/C19H29BrFN3O2/c1-13-10-14(12-22-16(13)20)24-8-6-19(5,7-9-24)15(11-21)23-17(25)26-18(2,3)4/h10,12,15H,6-9,11H2,1-5H3,(H,23,25). The van der Waals surface area contributed by atoms with Crippen molar-refractivity contribution in [1.82, 2.24) is 10.3 Å². The highest BCUT2D eigenvalue weighted by atomic mass is 79.9. The molecule has 2 rings (SSSR count). The maximum atomic E-state index is 13.7. The monoisotopic (exact) mass is 429 g/mol. The van der Waals surface area contributed by atoms with Crippen LogP contribution in [0.1, 0.15) is 46.1 Å². The van der Waals surface area contributed by atoms with E-state index in [1.807, 2.05) is 20.0 Å². The molecule has 0 aliphatic carbocycles. The maximum absolute atomic E-state index is 13.7. The van der Waals surface area contributed by atoms with Crippen molar-refractivity contribution in [3.63, 3.8) is 0 Å². The van der Waals surface area contributed by atoms with Gasteiger partial charge < -0.3 is 15.0 Å². The number of piperidine rings is 1. The van der Waals surface area contributed by atoms with E-state index in [0.29, 0.717) is 0 Å². The summed E-state index contributed by atoms with van der Waals surface area (Å²) in [6, 6.07) is 1.55. The predicted octanol–water partition coefficient (Wildman–Crippen LogP) is 4.62. The molecule has 0 bridgehead atoms. The summed E-state index contributed by atoms with van der Waals surface area (Å²) in [6.07, 6.45) is 2.86. The van der Waals surface area contributed by atoms with Gasteiger partial charge in [0.15, 0.2) is 0 Å². The summed E-state index contributed by atoms with van der Waals surface area (Å²) in [6.45, 7) is 10.4. The number of hydrogen-bond acceptors (Lipinski definition) is 4. The molecule has 0 aromatic carbocycles. The van der Waals surface area contributed by atoms with Crippen LogP contribution in [0.25, 0.3) is 0 Å². The average Bonchev–Trinajstić information content (AvgIpc) is 2.54. The number of carbonyl (C=O) groups excluding carboxylic acids is 1. The Bertz CT molecular complexity index is 640. The van der Waals surface area contributed by atoms with Crippen LogP contribution >= 0.6 is 15.9 Å². The lowest BCUT2D eigenvalue weighted by molar-refractivity contribution is 0.0404. The number of hydrogen-bond donors (Lipinski definition) is 1. The van der Waals surface area contributed by atoms with E-state index in [1.54, 1.807) is 20.8 Å². The Balaban J connectivity index is 2.00. The molecule has 0 spiro atoms. The van der Waals surface area contributed by atoms with Gasteiger partial charge in [-0.2, -0.15) is 0 Å². The minimum absolute atomic E-state index is 0.306. The third-order valence-electron chi connectivity index (χ3n) is 4.96. The van der Waals surface area contributed by atoms with Crippen molar-refractivity contribution in [1.29, 1.82) is 0 Å². The molecule has 1 fully saturated rings. The lowest BCUT2D eigenvalue weighted by Gasteiger charge is -2.44. The van der Waals surface area contributed by atoms with Gasteiger partial charge in [-0.05, 0) is 73.5 Å². The predicted molar refractivity (Wildman–Crippen MR) is 105 cm³/mol. The van der Waals surface area contributed by atoms with Crippen molar-refractivity contribution >= 4 is 27.7 Å². The van der Waals surface area contributed by atoms with E-state index >= 15 is 0 Å². The average molecular weight is 430 g/mol. The molecule has 146 valence electrons. The Morgan fingerprint density at radius 2 is 2.08 bits per heavy atom. The minimum Gasteiger partial charge on any atom is -0.444 e. The molecule has 0 saturated carbocycles. The van der Waals surface area contributed by atoms with Crippen molar-refractivity contribution in [2.75, 3.05) is 24.7 Å². The van der Waals surface area contributed by atoms with Gasteiger partial charge in [0.05, 0.1) is 17.9 Å². The van der Waals surface area contributed by atoms with E-state index in [9.17, 15) is 9.18 Å². The van der Waals surface area contributed by atoms with Crippen LogP contribution in [-0.4, -0.2) is 42.5 Å². The van der Waals surface area contributed by atoms with E-state index in [4.69, 9.17) is 4.74 Å². The van der Waals surface area contributed by atoms with Crippen LogP contribution in [0.4, 0.5) is 14.9 Å². The number of rotatable bonds is 4. The van der Waals surface area contributed by atoms with Gasteiger partial charge in [-0.25, -0.2) is 14.2 Å². The molecule has 1 aliphatic rings. The molecule has 1 unspecified atom stereocenters. The van der Waals surface area contributed by atoms with Crippen molar-refractivity contribution in [2.45, 2.75) is 59.1 Å². The van der Waals surface area contributed by atoms with Gasteiger partial charge in [-0.15, -0.1) is 0 Å². The van der Waals surface area contributed by atoms with E-state index in [1.165, 1.54) is 0 Å². The second kappa shape index (κ2) is 8.11. The molecule has 1 aromatic rings. The van der Waals surface area contributed by atoms with Gasteiger partial charge in [0.2, 0.25) is 0 Å². The lowest BCUT2D eigenvalue weighted by Crippen LogP contribution is -2.53. The molecular formula is C19H29BrFN3O2. The number of carbonyl (C=O) groups is 1. The number of alkyl halides is 1. The van der Waals surface area contributed by atoms with Crippen molar-refractivity contribution in [3.8, 4) is 0 Å². The van der Waals surface area contributed by atoms with Crippen molar-refractivity contribution in [2.24, 2.45) is 5.41 Å². The summed E-state index contributed by atoms with van der Waals surface area (Å²) in [5.74, 6) is 0. The van der Waals surface area contributed by atoms with Gasteiger partial charge in [-0.1, -0.05) is 6.92 Å². The Labute approximate surface area is 163 Å². The number of aryl methyl sites for hydroxylation is 1. The number of aromatic nitrogens is 1. The zero-order valence-corrected chi connectivity index (χ0v) is 17.8. The third-order valence-corrected chi connectivity index (χ3v) is 5.79. The minimum atomic E-state index is -0.602. The number of halogens is 2. The van der Waals surface area contributed by atoms with Gasteiger partial charge in [0, 0.05) is 13.1 Å². The Kier molecular flexibility index (Phi) is 6.53. The number of anilines is 1. The second-order valence-electron chi connectivity index (χ2n) is 8.30. The topological polar surface area (TPSA) is 54.5 Å². The quantitative estimate of drug-likeness (QED) is 0.709. The fourth-order valence-electron chi connectivity index (χ4n) is 3.19. The number of nitrogens with zero attached hydrogens (tertiary/aromatic N) is 2.